The second-order valence-corrected chi connectivity index (χ2v) is 12.8. The van der Waals surface area contributed by atoms with Crippen molar-refractivity contribution >= 4 is 46.9 Å². The van der Waals surface area contributed by atoms with Crippen LogP contribution in [0.25, 0.3) is 17.2 Å². The molecule has 0 spiro atoms. The van der Waals surface area contributed by atoms with Crippen LogP contribution in [-0.4, -0.2) is 17.7 Å². The first-order valence-electron chi connectivity index (χ1n) is 16.2. The van der Waals surface area contributed by atoms with Gasteiger partial charge in [0, 0.05) is 21.8 Å². The van der Waals surface area contributed by atoms with E-state index in [0.717, 1.165) is 38.4 Å². The van der Waals surface area contributed by atoms with Crippen LogP contribution in [0.2, 0.25) is 0 Å². The summed E-state index contributed by atoms with van der Waals surface area (Å²) in [6.45, 7) is 1.98. The number of hydrogen-bond donors (Lipinski definition) is 3. The molecule has 0 radical (unpaired) electrons. The monoisotopic (exact) mass is 673 g/mol. The second kappa shape index (κ2) is 16.3. The Bertz CT molecular complexity index is 2100. The predicted octanol–water partition coefficient (Wildman–Crippen LogP) is 9.54. The van der Waals surface area contributed by atoms with E-state index in [9.17, 15) is 14.4 Å². The molecule has 50 heavy (non-hydrogen) atoms. The number of nitrogens with one attached hydrogen (secondary N) is 3. The molecule has 6 aromatic carbocycles. The van der Waals surface area contributed by atoms with Crippen molar-refractivity contribution in [3.8, 4) is 11.1 Å². The number of aryl methyl sites for hydroxylation is 1. The zero-order valence-corrected chi connectivity index (χ0v) is 28.2. The molecule has 0 aliphatic carbocycles. The summed E-state index contributed by atoms with van der Waals surface area (Å²) >= 11 is 1.42. The number of carbonyl (C=O) groups excluding carboxylic acids is 3. The Morgan fingerprint density at radius 1 is 0.600 bits per heavy atom. The van der Waals surface area contributed by atoms with E-state index in [1.54, 1.807) is 42.5 Å². The van der Waals surface area contributed by atoms with Crippen molar-refractivity contribution < 1.29 is 14.4 Å². The summed E-state index contributed by atoms with van der Waals surface area (Å²) in [7, 11) is 0. The van der Waals surface area contributed by atoms with Gasteiger partial charge in [0.2, 0.25) is 5.91 Å². The van der Waals surface area contributed by atoms with Gasteiger partial charge >= 0.3 is 0 Å². The molecule has 1 unspecified atom stereocenters. The van der Waals surface area contributed by atoms with Gasteiger partial charge in [-0.05, 0) is 89.3 Å². The number of benzene rings is 6. The average Bonchev–Trinajstić information content (AvgIpc) is 3.15. The summed E-state index contributed by atoms with van der Waals surface area (Å²) in [5.74, 6) is -0.998. The molecule has 0 aliphatic heterocycles. The predicted molar refractivity (Wildman–Crippen MR) is 204 cm³/mol. The highest BCUT2D eigenvalue weighted by Crippen LogP contribution is 2.37. The Hall–Kier alpha value is -6.18. The third kappa shape index (κ3) is 9.04. The fourth-order valence-corrected chi connectivity index (χ4v) is 6.32. The molecule has 0 heterocycles. The number of carbonyl (C=O) groups is 3. The van der Waals surface area contributed by atoms with Gasteiger partial charge in [0.25, 0.3) is 11.8 Å². The van der Waals surface area contributed by atoms with Gasteiger partial charge in [0.1, 0.15) is 10.9 Å². The Kier molecular flexibility index (Phi) is 11.0. The molecule has 0 saturated heterocycles. The van der Waals surface area contributed by atoms with Crippen LogP contribution < -0.4 is 16.0 Å². The zero-order valence-electron chi connectivity index (χ0n) is 27.4. The lowest BCUT2D eigenvalue weighted by molar-refractivity contribution is -0.116. The van der Waals surface area contributed by atoms with Crippen molar-refractivity contribution in [3.63, 3.8) is 0 Å². The number of thioether (sulfide) groups is 1. The van der Waals surface area contributed by atoms with Crippen LogP contribution in [-0.2, 0) is 9.59 Å². The van der Waals surface area contributed by atoms with Crippen molar-refractivity contribution in [3.05, 3.63) is 192 Å². The van der Waals surface area contributed by atoms with E-state index in [2.05, 4.69) is 16.0 Å². The lowest BCUT2D eigenvalue weighted by Gasteiger charge is -2.18. The maximum absolute atomic E-state index is 13.7. The Morgan fingerprint density at radius 2 is 1.22 bits per heavy atom. The van der Waals surface area contributed by atoms with Crippen molar-refractivity contribution in [2.24, 2.45) is 0 Å². The molecule has 0 bridgehead atoms. The Labute approximate surface area is 296 Å². The van der Waals surface area contributed by atoms with Crippen LogP contribution >= 0.6 is 11.8 Å². The van der Waals surface area contributed by atoms with Gasteiger partial charge in [-0.25, -0.2) is 0 Å². The quantitative estimate of drug-likeness (QED) is 0.0945. The smallest absolute Gasteiger partial charge is 0.272 e. The Morgan fingerprint density at radius 3 is 1.88 bits per heavy atom. The van der Waals surface area contributed by atoms with E-state index >= 15 is 0 Å². The molecule has 6 rings (SSSR count). The van der Waals surface area contributed by atoms with E-state index in [0.29, 0.717) is 11.3 Å². The van der Waals surface area contributed by atoms with E-state index in [4.69, 9.17) is 0 Å². The molecule has 3 N–H and O–H groups in total. The number of rotatable bonds is 11. The summed E-state index contributed by atoms with van der Waals surface area (Å²) in [5, 5.41) is 8.27. The SMILES string of the molecule is Cc1cccc(NC(=O)C(Sc2ccc(NC(=O)/C(=C/c3ccc(-c4ccccc4)cc3)NC(=O)c3ccccc3)cc2)c2ccccc2)c1. The molecule has 7 heteroatoms. The first-order valence-corrected chi connectivity index (χ1v) is 17.0. The van der Waals surface area contributed by atoms with E-state index in [1.165, 1.54) is 11.8 Å². The van der Waals surface area contributed by atoms with Crippen molar-refractivity contribution in [1.29, 1.82) is 0 Å². The number of anilines is 2. The van der Waals surface area contributed by atoms with Crippen LogP contribution in [0.4, 0.5) is 11.4 Å². The maximum Gasteiger partial charge on any atom is 0.272 e. The Balaban J connectivity index is 1.19. The zero-order chi connectivity index (χ0) is 34.7. The summed E-state index contributed by atoms with van der Waals surface area (Å²) in [6, 6.07) is 51.2. The minimum Gasteiger partial charge on any atom is -0.325 e. The summed E-state index contributed by atoms with van der Waals surface area (Å²) < 4.78 is 0. The van der Waals surface area contributed by atoms with Gasteiger partial charge in [0.05, 0.1) is 0 Å². The van der Waals surface area contributed by atoms with Gasteiger partial charge in [-0.3, -0.25) is 14.4 Å². The van der Waals surface area contributed by atoms with Crippen LogP contribution in [0.1, 0.15) is 32.3 Å². The summed E-state index contributed by atoms with van der Waals surface area (Å²) in [4.78, 5) is 41.1. The van der Waals surface area contributed by atoms with Gasteiger partial charge in [-0.15, -0.1) is 11.8 Å². The third-order valence-electron chi connectivity index (χ3n) is 7.85. The highest BCUT2D eigenvalue weighted by Gasteiger charge is 2.23. The fraction of sp³-hybridized carbons (Fsp3) is 0.0465. The number of amides is 3. The maximum atomic E-state index is 13.7. The van der Waals surface area contributed by atoms with E-state index in [1.807, 2.05) is 134 Å². The molecular formula is C43H35N3O3S. The normalized spacial score (nSPS) is 11.7. The standard InChI is InChI=1S/C43H35N3O3S/c1-30-12-11-19-37(28-30)45-43(49)40(34-15-7-3-8-16-34)50-38-26-24-36(25-27-38)44-42(48)39(46-41(47)35-17-9-4-10-18-35)29-31-20-22-33(23-21-31)32-13-5-2-6-14-32/h2-29,40H,1H3,(H,44,48)(H,45,49)(H,46,47)/b39-29-. The minimum absolute atomic E-state index is 0.0988. The minimum atomic E-state index is -0.506. The third-order valence-corrected chi connectivity index (χ3v) is 9.12. The van der Waals surface area contributed by atoms with Gasteiger partial charge < -0.3 is 16.0 Å². The molecule has 0 aromatic heterocycles. The molecular weight excluding hydrogens is 639 g/mol. The van der Waals surface area contributed by atoms with Crippen molar-refractivity contribution in [2.75, 3.05) is 10.6 Å². The molecule has 0 aliphatic rings. The van der Waals surface area contributed by atoms with E-state index in [-0.39, 0.29) is 11.6 Å². The van der Waals surface area contributed by atoms with Crippen molar-refractivity contribution in [2.45, 2.75) is 17.1 Å². The van der Waals surface area contributed by atoms with E-state index < -0.39 is 17.1 Å². The largest absolute Gasteiger partial charge is 0.325 e. The van der Waals surface area contributed by atoms with Crippen LogP contribution in [0.3, 0.4) is 0 Å². The highest BCUT2D eigenvalue weighted by molar-refractivity contribution is 8.00. The summed E-state index contributed by atoms with van der Waals surface area (Å²) in [6.07, 6.45) is 1.66. The number of hydrogen-bond acceptors (Lipinski definition) is 4. The molecule has 1 atom stereocenters. The molecule has 6 nitrogen and oxygen atoms in total. The second-order valence-electron chi connectivity index (χ2n) is 11.6. The molecule has 246 valence electrons. The van der Waals surface area contributed by atoms with Gasteiger partial charge in [-0.2, -0.15) is 0 Å². The first-order chi connectivity index (χ1) is 24.4. The van der Waals surface area contributed by atoms with Crippen LogP contribution in [0, 0.1) is 6.92 Å². The van der Waals surface area contributed by atoms with Gasteiger partial charge in [-0.1, -0.05) is 115 Å². The lowest BCUT2D eigenvalue weighted by Crippen LogP contribution is -2.30. The average molecular weight is 674 g/mol. The first kappa shape index (κ1) is 33.7. The van der Waals surface area contributed by atoms with Gasteiger partial charge in [0.15, 0.2) is 0 Å². The molecule has 3 amide bonds. The fourth-order valence-electron chi connectivity index (χ4n) is 5.29. The van der Waals surface area contributed by atoms with Crippen LogP contribution in [0.5, 0.6) is 0 Å². The lowest BCUT2D eigenvalue weighted by atomic mass is 10.0. The summed E-state index contributed by atoms with van der Waals surface area (Å²) in [5.41, 5.74) is 6.64. The van der Waals surface area contributed by atoms with Crippen molar-refractivity contribution in [1.82, 2.24) is 5.32 Å². The van der Waals surface area contributed by atoms with Crippen LogP contribution in [0.15, 0.2) is 174 Å². The molecule has 6 aromatic rings. The molecule has 0 fully saturated rings. The molecule has 0 saturated carbocycles. The highest BCUT2D eigenvalue weighted by atomic mass is 32.2. The topological polar surface area (TPSA) is 87.3 Å².